The van der Waals surface area contributed by atoms with E-state index in [1.807, 2.05) is 24.3 Å². The maximum absolute atomic E-state index is 11.8. The van der Waals surface area contributed by atoms with Crippen molar-refractivity contribution in [2.24, 2.45) is 0 Å². The van der Waals surface area contributed by atoms with Gasteiger partial charge in [-0.2, -0.15) is 0 Å². The van der Waals surface area contributed by atoms with E-state index >= 15 is 0 Å². The number of benzene rings is 1. The topological polar surface area (TPSA) is 41.1 Å². The summed E-state index contributed by atoms with van der Waals surface area (Å²) in [6, 6.07) is 8.39. The minimum absolute atomic E-state index is 0.132. The second kappa shape index (κ2) is 9.06. The Hall–Kier alpha value is -1.06. The van der Waals surface area contributed by atoms with Crippen molar-refractivity contribution in [3.8, 4) is 0 Å². The van der Waals surface area contributed by atoms with Crippen LogP contribution in [0, 0.1) is 0 Å². The van der Waals surface area contributed by atoms with E-state index in [-0.39, 0.29) is 5.91 Å². The van der Waals surface area contributed by atoms with Crippen molar-refractivity contribution < 1.29 is 4.79 Å². The zero-order valence-electron chi connectivity index (χ0n) is 12.5. The molecule has 1 amide bonds. The molecule has 1 aromatic rings. The highest BCUT2D eigenvalue weighted by Crippen LogP contribution is 2.17. The molecule has 3 nitrogen and oxygen atoms in total. The smallest absolute Gasteiger partial charge is 0.221 e. The van der Waals surface area contributed by atoms with E-state index in [1.165, 1.54) is 37.7 Å². The third-order valence-corrected chi connectivity index (χ3v) is 4.29. The van der Waals surface area contributed by atoms with Crippen molar-refractivity contribution in [3.05, 3.63) is 34.9 Å². The molecule has 1 aliphatic carbocycles. The van der Waals surface area contributed by atoms with Crippen LogP contribution in [-0.4, -0.2) is 25.0 Å². The fourth-order valence-corrected chi connectivity index (χ4v) is 2.91. The van der Waals surface area contributed by atoms with Crippen LogP contribution in [0.5, 0.6) is 0 Å². The Bertz CT molecular complexity index is 427. The minimum atomic E-state index is 0.132. The van der Waals surface area contributed by atoms with Gasteiger partial charge in [-0.3, -0.25) is 4.79 Å². The molecule has 0 aromatic heterocycles. The molecule has 0 bridgehead atoms. The van der Waals surface area contributed by atoms with Crippen molar-refractivity contribution in [2.75, 3.05) is 13.1 Å². The van der Waals surface area contributed by atoms with Gasteiger partial charge in [0.1, 0.15) is 0 Å². The Morgan fingerprint density at radius 2 is 1.81 bits per heavy atom. The first-order valence-electron chi connectivity index (χ1n) is 7.98. The molecule has 1 fully saturated rings. The van der Waals surface area contributed by atoms with Gasteiger partial charge in [-0.05, 0) is 37.0 Å². The summed E-state index contributed by atoms with van der Waals surface area (Å²) in [6.45, 7) is 1.47. The van der Waals surface area contributed by atoms with E-state index in [2.05, 4.69) is 10.6 Å². The van der Waals surface area contributed by atoms with Crippen molar-refractivity contribution in [1.82, 2.24) is 10.6 Å². The maximum atomic E-state index is 11.8. The highest BCUT2D eigenvalue weighted by Gasteiger charge is 2.12. The SMILES string of the molecule is O=C(CCNC1CCCCC1)NCCc1ccc(Cl)cc1. The molecular weight excluding hydrogens is 284 g/mol. The van der Waals surface area contributed by atoms with Gasteiger partial charge in [0.15, 0.2) is 0 Å². The number of halogens is 1. The molecule has 0 unspecified atom stereocenters. The Morgan fingerprint density at radius 3 is 2.52 bits per heavy atom. The highest BCUT2D eigenvalue weighted by molar-refractivity contribution is 6.30. The Kier molecular flexibility index (Phi) is 7.04. The molecule has 1 aliphatic rings. The first kappa shape index (κ1) is 16.3. The van der Waals surface area contributed by atoms with E-state index in [9.17, 15) is 4.79 Å². The number of carbonyl (C=O) groups excluding carboxylic acids is 1. The van der Waals surface area contributed by atoms with Crippen molar-refractivity contribution in [3.63, 3.8) is 0 Å². The second-order valence-electron chi connectivity index (χ2n) is 5.77. The van der Waals surface area contributed by atoms with Crippen LogP contribution in [0.4, 0.5) is 0 Å². The first-order chi connectivity index (χ1) is 10.2. The van der Waals surface area contributed by atoms with Crippen molar-refractivity contribution in [2.45, 2.75) is 51.0 Å². The third kappa shape index (κ3) is 6.49. The Labute approximate surface area is 132 Å². The molecule has 21 heavy (non-hydrogen) atoms. The summed E-state index contributed by atoms with van der Waals surface area (Å²) in [7, 11) is 0. The van der Waals surface area contributed by atoms with Gasteiger partial charge in [-0.15, -0.1) is 0 Å². The highest BCUT2D eigenvalue weighted by atomic mass is 35.5. The van der Waals surface area contributed by atoms with Gasteiger partial charge in [-0.1, -0.05) is 43.0 Å². The van der Waals surface area contributed by atoms with Crippen molar-refractivity contribution >= 4 is 17.5 Å². The van der Waals surface area contributed by atoms with E-state index < -0.39 is 0 Å². The van der Waals surface area contributed by atoms with Gasteiger partial charge in [-0.25, -0.2) is 0 Å². The lowest BCUT2D eigenvalue weighted by Crippen LogP contribution is -2.35. The van der Waals surface area contributed by atoms with E-state index in [0.29, 0.717) is 19.0 Å². The summed E-state index contributed by atoms with van der Waals surface area (Å²) in [4.78, 5) is 11.8. The van der Waals surface area contributed by atoms with E-state index in [1.54, 1.807) is 0 Å². The molecule has 0 saturated heterocycles. The molecule has 0 aliphatic heterocycles. The summed E-state index contributed by atoms with van der Waals surface area (Å²) < 4.78 is 0. The van der Waals surface area contributed by atoms with Crippen LogP contribution < -0.4 is 10.6 Å². The van der Waals surface area contributed by atoms with Gasteiger partial charge in [0.25, 0.3) is 0 Å². The van der Waals surface area contributed by atoms with Crippen molar-refractivity contribution in [1.29, 1.82) is 0 Å². The lowest BCUT2D eigenvalue weighted by atomic mass is 9.95. The number of carbonyl (C=O) groups is 1. The average molecular weight is 309 g/mol. The predicted molar refractivity (Wildman–Crippen MR) is 87.7 cm³/mol. The standard InChI is InChI=1S/C17H25ClN2O/c18-15-8-6-14(7-9-15)10-12-20-17(21)11-13-19-16-4-2-1-3-5-16/h6-9,16,19H,1-5,10-13H2,(H,20,21). The summed E-state index contributed by atoms with van der Waals surface area (Å²) in [6.07, 6.45) is 7.95. The summed E-state index contributed by atoms with van der Waals surface area (Å²) >= 11 is 5.84. The lowest BCUT2D eigenvalue weighted by molar-refractivity contribution is -0.120. The third-order valence-electron chi connectivity index (χ3n) is 4.04. The monoisotopic (exact) mass is 308 g/mol. The normalized spacial score (nSPS) is 15.9. The molecule has 0 spiro atoms. The van der Waals surface area contributed by atoms with Gasteiger partial charge in [0.05, 0.1) is 0 Å². The molecule has 0 atom stereocenters. The van der Waals surface area contributed by atoms with E-state index in [0.717, 1.165) is 18.0 Å². The number of hydrogen-bond acceptors (Lipinski definition) is 2. The van der Waals surface area contributed by atoms with Crippen LogP contribution in [0.15, 0.2) is 24.3 Å². The van der Waals surface area contributed by atoms with Crippen LogP contribution in [0.1, 0.15) is 44.1 Å². The average Bonchev–Trinajstić information content (AvgIpc) is 2.50. The number of hydrogen-bond donors (Lipinski definition) is 2. The Morgan fingerprint density at radius 1 is 1.10 bits per heavy atom. The van der Waals surface area contributed by atoms with Gasteiger partial charge in [0.2, 0.25) is 5.91 Å². The molecule has 1 aromatic carbocycles. The van der Waals surface area contributed by atoms with Gasteiger partial charge >= 0.3 is 0 Å². The molecule has 1 saturated carbocycles. The fraction of sp³-hybridized carbons (Fsp3) is 0.588. The quantitative estimate of drug-likeness (QED) is 0.811. The van der Waals surface area contributed by atoms with Crippen LogP contribution in [0.2, 0.25) is 5.02 Å². The molecule has 4 heteroatoms. The van der Waals surface area contributed by atoms with E-state index in [4.69, 9.17) is 11.6 Å². The summed E-state index contributed by atoms with van der Waals surface area (Å²) in [5.41, 5.74) is 1.19. The van der Waals surface area contributed by atoms with Crippen LogP contribution in [0.25, 0.3) is 0 Å². The molecular formula is C17H25ClN2O. The molecule has 2 N–H and O–H groups in total. The second-order valence-corrected chi connectivity index (χ2v) is 6.20. The first-order valence-corrected chi connectivity index (χ1v) is 8.36. The number of amides is 1. The summed E-state index contributed by atoms with van der Waals surface area (Å²) in [5.74, 6) is 0.132. The fourth-order valence-electron chi connectivity index (χ4n) is 2.78. The Balaban J connectivity index is 1.54. The minimum Gasteiger partial charge on any atom is -0.356 e. The number of nitrogens with one attached hydrogen (secondary N) is 2. The van der Waals surface area contributed by atoms with Gasteiger partial charge in [0, 0.05) is 30.6 Å². The maximum Gasteiger partial charge on any atom is 0.221 e. The molecule has 2 rings (SSSR count). The van der Waals surface area contributed by atoms with Crippen LogP contribution >= 0.6 is 11.6 Å². The largest absolute Gasteiger partial charge is 0.356 e. The molecule has 116 valence electrons. The zero-order valence-corrected chi connectivity index (χ0v) is 13.3. The molecule has 0 heterocycles. The number of rotatable bonds is 7. The molecule has 0 radical (unpaired) electrons. The van der Waals surface area contributed by atoms with Gasteiger partial charge < -0.3 is 10.6 Å². The lowest BCUT2D eigenvalue weighted by Gasteiger charge is -2.22. The van der Waals surface area contributed by atoms with Crippen LogP contribution in [-0.2, 0) is 11.2 Å². The zero-order chi connectivity index (χ0) is 14.9. The van der Waals surface area contributed by atoms with Crippen LogP contribution in [0.3, 0.4) is 0 Å². The predicted octanol–water partition coefficient (Wildman–Crippen LogP) is 3.31. The summed E-state index contributed by atoms with van der Waals surface area (Å²) in [5, 5.41) is 7.21.